The molecule has 1 N–H and O–H groups in total. The van der Waals surface area contributed by atoms with Crippen LogP contribution in [0.1, 0.15) is 44.9 Å². The lowest BCUT2D eigenvalue weighted by atomic mass is 9.79. The smallest absolute Gasteiger partial charge is 0.150 e. The highest BCUT2D eigenvalue weighted by atomic mass is 32.2. The monoisotopic (exact) mass is 311 g/mol. The fourth-order valence-electron chi connectivity index (χ4n) is 6.51. The van der Waals surface area contributed by atoms with Gasteiger partial charge in [0.25, 0.3) is 0 Å². The normalized spacial score (nSPS) is 49.9. The molecule has 0 aliphatic heterocycles. The van der Waals surface area contributed by atoms with Crippen molar-refractivity contribution in [3.63, 3.8) is 0 Å². The lowest BCUT2D eigenvalue weighted by molar-refractivity contribution is 0.232. The maximum Gasteiger partial charge on any atom is 0.150 e. The Hall–Kier alpha value is -0.0900. The van der Waals surface area contributed by atoms with E-state index in [4.69, 9.17) is 0 Å². The van der Waals surface area contributed by atoms with Gasteiger partial charge in [-0.1, -0.05) is 6.42 Å². The zero-order chi connectivity index (χ0) is 14.8. The van der Waals surface area contributed by atoms with Gasteiger partial charge in [0.2, 0.25) is 0 Å². The quantitative estimate of drug-likeness (QED) is 0.867. The van der Waals surface area contributed by atoms with Crippen molar-refractivity contribution in [2.75, 3.05) is 13.3 Å². The molecule has 0 radical (unpaired) electrons. The van der Waals surface area contributed by atoms with Gasteiger partial charge in [-0.2, -0.15) is 0 Å². The van der Waals surface area contributed by atoms with Crippen LogP contribution in [0, 0.1) is 35.5 Å². The van der Waals surface area contributed by atoms with E-state index < -0.39 is 9.84 Å². The van der Waals surface area contributed by atoms with Gasteiger partial charge in [0.1, 0.15) is 9.84 Å². The average Bonchev–Trinajstić information content (AvgIpc) is 2.87. The number of nitrogens with one attached hydrogen (secondary N) is 1. The van der Waals surface area contributed by atoms with Crippen LogP contribution in [-0.4, -0.2) is 33.0 Å². The minimum Gasteiger partial charge on any atom is -0.316 e. The van der Waals surface area contributed by atoms with E-state index in [9.17, 15) is 8.42 Å². The largest absolute Gasteiger partial charge is 0.316 e. The third-order valence-corrected chi connectivity index (χ3v) is 8.96. The van der Waals surface area contributed by atoms with Gasteiger partial charge in [-0.25, -0.2) is 8.42 Å². The fourth-order valence-corrected chi connectivity index (χ4v) is 7.70. The number of fused-ring (bicyclic) bond motifs is 5. The molecule has 2 bridgehead atoms. The third kappa shape index (κ3) is 2.28. The molecule has 0 heterocycles. The van der Waals surface area contributed by atoms with Crippen LogP contribution in [0.25, 0.3) is 0 Å². The third-order valence-electron chi connectivity index (χ3n) is 7.32. The standard InChI is InChI=1S/C17H29NO2S/c1-18-17(12-4-3-5-13(9-12)21(2,19)20)16-14-10-6-7-11(8-10)15(14)16/h10-18H,3-9H2,1-2H3. The summed E-state index contributed by atoms with van der Waals surface area (Å²) in [5.41, 5.74) is 0. The molecule has 120 valence electrons. The molecule has 4 aliphatic carbocycles. The Morgan fingerprint density at radius 2 is 1.67 bits per heavy atom. The highest BCUT2D eigenvalue weighted by Gasteiger charge is 2.67. The second-order valence-corrected chi connectivity index (χ2v) is 10.6. The number of hydrogen-bond donors (Lipinski definition) is 1. The van der Waals surface area contributed by atoms with Crippen molar-refractivity contribution in [3.05, 3.63) is 0 Å². The van der Waals surface area contributed by atoms with Gasteiger partial charge in [-0.05, 0) is 81.1 Å². The minimum absolute atomic E-state index is 0.0811. The summed E-state index contributed by atoms with van der Waals surface area (Å²) in [6.45, 7) is 0. The van der Waals surface area contributed by atoms with Crippen molar-refractivity contribution >= 4 is 9.84 Å². The van der Waals surface area contributed by atoms with Crippen molar-refractivity contribution in [1.29, 1.82) is 0 Å². The topological polar surface area (TPSA) is 46.2 Å². The van der Waals surface area contributed by atoms with Gasteiger partial charge in [0.15, 0.2) is 0 Å². The molecule has 0 saturated heterocycles. The Bertz CT molecular complexity index is 501. The van der Waals surface area contributed by atoms with Crippen LogP contribution in [0.4, 0.5) is 0 Å². The summed E-state index contributed by atoms with van der Waals surface area (Å²) in [5, 5.41) is 3.53. The first-order valence-corrected chi connectivity index (χ1v) is 10.8. The average molecular weight is 311 g/mol. The van der Waals surface area contributed by atoms with Crippen molar-refractivity contribution < 1.29 is 8.42 Å². The SMILES string of the molecule is CNC(C1CCCC(S(C)(=O)=O)C1)C1C2C3CCC(C3)C21. The van der Waals surface area contributed by atoms with Crippen molar-refractivity contribution in [3.8, 4) is 0 Å². The lowest BCUT2D eigenvalue weighted by Gasteiger charge is -2.35. The minimum atomic E-state index is -2.86. The van der Waals surface area contributed by atoms with E-state index in [-0.39, 0.29) is 5.25 Å². The van der Waals surface area contributed by atoms with Gasteiger partial charge in [-0.15, -0.1) is 0 Å². The fraction of sp³-hybridized carbons (Fsp3) is 1.00. The molecule has 4 fully saturated rings. The van der Waals surface area contributed by atoms with Crippen LogP contribution >= 0.6 is 0 Å². The van der Waals surface area contributed by atoms with Gasteiger partial charge >= 0.3 is 0 Å². The molecule has 7 unspecified atom stereocenters. The summed E-state index contributed by atoms with van der Waals surface area (Å²) in [7, 11) is -0.760. The summed E-state index contributed by atoms with van der Waals surface area (Å²) < 4.78 is 23.8. The Balaban J connectivity index is 1.47. The van der Waals surface area contributed by atoms with E-state index >= 15 is 0 Å². The number of rotatable bonds is 4. The van der Waals surface area contributed by atoms with E-state index in [2.05, 4.69) is 12.4 Å². The summed E-state index contributed by atoms with van der Waals surface area (Å²) in [6.07, 6.45) is 9.96. The molecular formula is C17H29NO2S. The Morgan fingerprint density at radius 1 is 1.00 bits per heavy atom. The van der Waals surface area contributed by atoms with E-state index in [1.54, 1.807) is 0 Å². The zero-order valence-corrected chi connectivity index (χ0v) is 14.1. The maximum atomic E-state index is 11.9. The molecule has 4 rings (SSSR count). The lowest BCUT2D eigenvalue weighted by Crippen LogP contribution is -2.42. The van der Waals surface area contributed by atoms with Crippen LogP contribution in [0.3, 0.4) is 0 Å². The molecule has 7 atom stereocenters. The predicted octanol–water partition coefficient (Wildman–Crippen LogP) is 2.47. The molecule has 0 aromatic carbocycles. The second kappa shape index (κ2) is 4.95. The Labute approximate surface area is 129 Å². The van der Waals surface area contributed by atoms with Crippen LogP contribution in [0.15, 0.2) is 0 Å². The first-order chi connectivity index (χ1) is 10.0. The van der Waals surface area contributed by atoms with Crippen molar-refractivity contribution in [1.82, 2.24) is 5.32 Å². The van der Waals surface area contributed by atoms with Crippen LogP contribution < -0.4 is 5.32 Å². The van der Waals surface area contributed by atoms with E-state index in [0.29, 0.717) is 12.0 Å². The van der Waals surface area contributed by atoms with Crippen LogP contribution in [0.5, 0.6) is 0 Å². The molecule has 0 aromatic heterocycles. The molecule has 4 aliphatic rings. The Kier molecular flexibility index (Phi) is 3.42. The van der Waals surface area contributed by atoms with E-state index in [1.165, 1.54) is 31.9 Å². The predicted molar refractivity (Wildman–Crippen MR) is 84.7 cm³/mol. The van der Waals surface area contributed by atoms with E-state index in [1.807, 2.05) is 0 Å². The molecule has 0 spiro atoms. The molecule has 4 heteroatoms. The number of hydrogen-bond acceptors (Lipinski definition) is 3. The molecule has 0 amide bonds. The van der Waals surface area contributed by atoms with Crippen LogP contribution in [0.2, 0.25) is 0 Å². The van der Waals surface area contributed by atoms with Gasteiger partial charge in [0, 0.05) is 12.3 Å². The Morgan fingerprint density at radius 3 is 2.24 bits per heavy atom. The second-order valence-electron chi connectivity index (χ2n) is 8.26. The first-order valence-electron chi connectivity index (χ1n) is 8.87. The molecular weight excluding hydrogens is 282 g/mol. The van der Waals surface area contributed by atoms with Gasteiger partial charge < -0.3 is 5.32 Å². The van der Waals surface area contributed by atoms with Crippen LogP contribution in [-0.2, 0) is 9.84 Å². The van der Waals surface area contributed by atoms with Gasteiger partial charge in [-0.3, -0.25) is 0 Å². The molecule has 0 aromatic rings. The number of sulfone groups is 1. The summed E-state index contributed by atoms with van der Waals surface area (Å²) in [4.78, 5) is 0. The highest BCUT2D eigenvalue weighted by molar-refractivity contribution is 7.91. The van der Waals surface area contributed by atoms with E-state index in [0.717, 1.165) is 48.9 Å². The maximum absolute atomic E-state index is 11.9. The molecule has 3 nitrogen and oxygen atoms in total. The molecule has 4 saturated carbocycles. The zero-order valence-electron chi connectivity index (χ0n) is 13.3. The first kappa shape index (κ1) is 14.5. The van der Waals surface area contributed by atoms with Gasteiger partial charge in [0.05, 0.1) is 5.25 Å². The summed E-state index contributed by atoms with van der Waals surface area (Å²) in [6, 6.07) is 0.577. The summed E-state index contributed by atoms with van der Waals surface area (Å²) >= 11 is 0. The summed E-state index contributed by atoms with van der Waals surface area (Å²) in [5.74, 6) is 5.44. The van der Waals surface area contributed by atoms with Crippen molar-refractivity contribution in [2.45, 2.75) is 56.2 Å². The molecule has 21 heavy (non-hydrogen) atoms. The highest BCUT2D eigenvalue weighted by Crippen LogP contribution is 2.71. The van der Waals surface area contributed by atoms with Crippen molar-refractivity contribution in [2.24, 2.45) is 35.5 Å².